The molecule has 2 heteroatoms. The normalized spacial score (nSPS) is 21.1. The third-order valence-electron chi connectivity index (χ3n) is 3.67. The SMILES string of the molecule is CC1(CBr)c2ccccc2-c2c(I)cccc21. The van der Waals surface area contributed by atoms with Crippen molar-refractivity contribution in [2.75, 3.05) is 5.33 Å². The van der Waals surface area contributed by atoms with Crippen LogP contribution in [0.15, 0.2) is 42.5 Å². The number of benzene rings is 2. The van der Waals surface area contributed by atoms with Crippen molar-refractivity contribution < 1.29 is 0 Å². The molecule has 2 aromatic rings. The van der Waals surface area contributed by atoms with E-state index in [0.717, 1.165) is 5.33 Å². The highest BCUT2D eigenvalue weighted by Gasteiger charge is 2.38. The van der Waals surface area contributed by atoms with Crippen LogP contribution in [0.5, 0.6) is 0 Å². The molecule has 1 aliphatic rings. The van der Waals surface area contributed by atoms with E-state index in [0.29, 0.717) is 0 Å². The van der Waals surface area contributed by atoms with Gasteiger partial charge in [0.05, 0.1) is 0 Å². The minimum atomic E-state index is 0.104. The van der Waals surface area contributed by atoms with Gasteiger partial charge in [0.2, 0.25) is 0 Å². The van der Waals surface area contributed by atoms with E-state index >= 15 is 0 Å². The van der Waals surface area contributed by atoms with Gasteiger partial charge >= 0.3 is 0 Å². The Morgan fingerprint density at radius 3 is 2.53 bits per heavy atom. The Morgan fingerprint density at radius 1 is 1.06 bits per heavy atom. The molecule has 1 aliphatic carbocycles. The average Bonchev–Trinajstić information content (AvgIpc) is 2.63. The van der Waals surface area contributed by atoms with Gasteiger partial charge in [0.1, 0.15) is 0 Å². The molecule has 0 aliphatic heterocycles. The third-order valence-corrected chi connectivity index (χ3v) is 5.69. The number of hydrogen-bond acceptors (Lipinski definition) is 0. The summed E-state index contributed by atoms with van der Waals surface area (Å²) in [5, 5.41) is 0.962. The fraction of sp³-hybridized carbons (Fsp3) is 0.200. The van der Waals surface area contributed by atoms with Crippen LogP contribution in [-0.4, -0.2) is 5.33 Å². The van der Waals surface area contributed by atoms with Gasteiger partial charge in [0.25, 0.3) is 0 Å². The van der Waals surface area contributed by atoms with Gasteiger partial charge in [-0.15, -0.1) is 0 Å². The lowest BCUT2D eigenvalue weighted by atomic mass is 9.82. The first kappa shape index (κ1) is 11.7. The van der Waals surface area contributed by atoms with E-state index in [1.54, 1.807) is 0 Å². The molecule has 0 N–H and O–H groups in total. The largest absolute Gasteiger partial charge is 0.0915 e. The summed E-state index contributed by atoms with van der Waals surface area (Å²) in [5.41, 5.74) is 5.81. The van der Waals surface area contributed by atoms with Crippen LogP contribution in [-0.2, 0) is 5.41 Å². The van der Waals surface area contributed by atoms with Crippen molar-refractivity contribution in [1.82, 2.24) is 0 Å². The molecule has 0 fully saturated rings. The van der Waals surface area contributed by atoms with Gasteiger partial charge in [0.15, 0.2) is 0 Å². The number of hydrogen-bond donors (Lipinski definition) is 0. The zero-order valence-electron chi connectivity index (χ0n) is 9.50. The molecule has 0 saturated carbocycles. The average molecular weight is 399 g/mol. The molecule has 1 atom stereocenters. The molecule has 1 unspecified atom stereocenters. The van der Waals surface area contributed by atoms with Gasteiger partial charge in [-0.3, -0.25) is 0 Å². The van der Waals surface area contributed by atoms with E-state index in [-0.39, 0.29) is 5.41 Å². The molecule has 0 amide bonds. The first-order chi connectivity index (χ1) is 8.18. The van der Waals surface area contributed by atoms with E-state index in [2.05, 4.69) is 87.9 Å². The predicted molar refractivity (Wildman–Crippen MR) is 84.8 cm³/mol. The van der Waals surface area contributed by atoms with Gasteiger partial charge < -0.3 is 0 Å². The molecule has 3 rings (SSSR count). The van der Waals surface area contributed by atoms with Crippen molar-refractivity contribution >= 4 is 38.5 Å². The maximum Gasteiger partial charge on any atom is 0.0284 e. The van der Waals surface area contributed by atoms with Crippen molar-refractivity contribution in [1.29, 1.82) is 0 Å². The van der Waals surface area contributed by atoms with E-state index in [1.807, 2.05) is 0 Å². The number of halogens is 2. The Hall–Kier alpha value is -0.350. The highest BCUT2D eigenvalue weighted by Crippen LogP contribution is 2.50. The zero-order valence-corrected chi connectivity index (χ0v) is 13.2. The van der Waals surface area contributed by atoms with Crippen LogP contribution in [0.25, 0.3) is 11.1 Å². The summed E-state index contributed by atoms with van der Waals surface area (Å²) >= 11 is 6.13. The number of fused-ring (bicyclic) bond motifs is 3. The lowest BCUT2D eigenvalue weighted by Crippen LogP contribution is -2.22. The van der Waals surface area contributed by atoms with Crippen LogP contribution in [0.2, 0.25) is 0 Å². The molecule has 2 aromatic carbocycles. The second kappa shape index (κ2) is 4.09. The van der Waals surface area contributed by atoms with Gasteiger partial charge in [-0.05, 0) is 50.9 Å². The molecular weight excluding hydrogens is 387 g/mol. The maximum absolute atomic E-state index is 3.69. The summed E-state index contributed by atoms with van der Waals surface area (Å²) in [4.78, 5) is 0. The summed E-state index contributed by atoms with van der Waals surface area (Å²) in [7, 11) is 0. The molecule has 0 bridgehead atoms. The number of rotatable bonds is 1. The van der Waals surface area contributed by atoms with Gasteiger partial charge in [-0.1, -0.05) is 59.3 Å². The molecule has 0 heterocycles. The molecule has 0 spiro atoms. The Labute approximate surface area is 124 Å². The van der Waals surface area contributed by atoms with E-state index in [1.165, 1.54) is 25.8 Å². The van der Waals surface area contributed by atoms with Crippen molar-refractivity contribution in [3.63, 3.8) is 0 Å². The molecule has 0 aromatic heterocycles. The van der Waals surface area contributed by atoms with Crippen LogP contribution in [0, 0.1) is 3.57 Å². The van der Waals surface area contributed by atoms with Gasteiger partial charge in [-0.2, -0.15) is 0 Å². The highest BCUT2D eigenvalue weighted by atomic mass is 127. The van der Waals surface area contributed by atoms with Crippen molar-refractivity contribution in [2.45, 2.75) is 12.3 Å². The lowest BCUT2D eigenvalue weighted by Gasteiger charge is -2.24. The fourth-order valence-electron chi connectivity index (χ4n) is 2.73. The Morgan fingerprint density at radius 2 is 1.76 bits per heavy atom. The number of alkyl halides is 1. The maximum atomic E-state index is 3.69. The van der Waals surface area contributed by atoms with Gasteiger partial charge in [-0.25, -0.2) is 0 Å². The van der Waals surface area contributed by atoms with Crippen LogP contribution in [0.3, 0.4) is 0 Å². The third kappa shape index (κ3) is 1.53. The zero-order chi connectivity index (χ0) is 12.0. The minimum absolute atomic E-state index is 0.104. The predicted octanol–water partition coefficient (Wildman–Crippen LogP) is 4.97. The lowest BCUT2D eigenvalue weighted by molar-refractivity contribution is 0.678. The second-order valence-electron chi connectivity index (χ2n) is 4.67. The first-order valence-electron chi connectivity index (χ1n) is 5.63. The van der Waals surface area contributed by atoms with E-state index < -0.39 is 0 Å². The summed E-state index contributed by atoms with van der Waals surface area (Å²) in [6.45, 7) is 2.32. The quantitative estimate of drug-likeness (QED) is 0.469. The Kier molecular flexibility index (Phi) is 2.82. The molecule has 17 heavy (non-hydrogen) atoms. The molecular formula is C15H12BrI. The van der Waals surface area contributed by atoms with E-state index in [4.69, 9.17) is 0 Å². The summed E-state index contributed by atoms with van der Waals surface area (Å²) in [6.07, 6.45) is 0. The molecule has 0 saturated heterocycles. The molecule has 0 radical (unpaired) electrons. The van der Waals surface area contributed by atoms with Crippen molar-refractivity contribution in [2.24, 2.45) is 0 Å². The second-order valence-corrected chi connectivity index (χ2v) is 6.40. The van der Waals surface area contributed by atoms with Crippen LogP contribution < -0.4 is 0 Å². The van der Waals surface area contributed by atoms with Crippen molar-refractivity contribution in [3.8, 4) is 11.1 Å². The minimum Gasteiger partial charge on any atom is -0.0915 e. The van der Waals surface area contributed by atoms with Crippen molar-refractivity contribution in [3.05, 3.63) is 57.2 Å². The molecule has 0 nitrogen and oxygen atoms in total. The Balaban J connectivity index is 2.43. The van der Waals surface area contributed by atoms with Gasteiger partial charge in [0, 0.05) is 14.3 Å². The smallest absolute Gasteiger partial charge is 0.0284 e. The topological polar surface area (TPSA) is 0 Å². The van der Waals surface area contributed by atoms with Crippen LogP contribution in [0.4, 0.5) is 0 Å². The first-order valence-corrected chi connectivity index (χ1v) is 7.83. The standard InChI is InChI=1S/C15H12BrI/c1-15(9-16)11-6-3-2-5-10(11)14-12(15)7-4-8-13(14)17/h2-8H,9H2,1H3. The Bertz CT molecular complexity index is 591. The fourth-order valence-corrected chi connectivity index (χ4v) is 4.12. The molecule has 86 valence electrons. The monoisotopic (exact) mass is 398 g/mol. The summed E-state index contributed by atoms with van der Waals surface area (Å²) in [5.74, 6) is 0. The summed E-state index contributed by atoms with van der Waals surface area (Å²) in [6, 6.07) is 15.4. The highest BCUT2D eigenvalue weighted by molar-refractivity contribution is 14.1. The summed E-state index contributed by atoms with van der Waals surface area (Å²) < 4.78 is 1.34. The van der Waals surface area contributed by atoms with Crippen LogP contribution >= 0.6 is 38.5 Å². The van der Waals surface area contributed by atoms with Crippen LogP contribution in [0.1, 0.15) is 18.1 Å². The van der Waals surface area contributed by atoms with E-state index in [9.17, 15) is 0 Å².